The zero-order valence-corrected chi connectivity index (χ0v) is 12.9. The number of amides is 2. The Morgan fingerprint density at radius 1 is 1.27 bits per heavy atom. The number of carbonyl (C=O) groups excluding carboxylic acids is 2. The molecule has 22 heavy (non-hydrogen) atoms. The van der Waals surface area contributed by atoms with Gasteiger partial charge in [-0.15, -0.1) is 11.8 Å². The Bertz CT molecular complexity index is 576. The lowest BCUT2D eigenvalue weighted by Crippen LogP contribution is -2.43. The van der Waals surface area contributed by atoms with Crippen LogP contribution in [0.15, 0.2) is 29.2 Å². The third-order valence-corrected chi connectivity index (χ3v) is 4.30. The van der Waals surface area contributed by atoms with Crippen LogP contribution in [-0.2, 0) is 14.4 Å². The number of hydrogen-bond donors (Lipinski definition) is 2. The maximum Gasteiger partial charge on any atom is 0.303 e. The first-order chi connectivity index (χ1) is 10.6. The van der Waals surface area contributed by atoms with Crippen LogP contribution in [0.2, 0.25) is 0 Å². The minimum absolute atomic E-state index is 0.00463. The van der Waals surface area contributed by atoms with Crippen molar-refractivity contribution < 1.29 is 19.5 Å². The third kappa shape index (κ3) is 4.49. The van der Waals surface area contributed by atoms with Crippen LogP contribution in [0, 0.1) is 0 Å². The van der Waals surface area contributed by atoms with E-state index < -0.39 is 5.97 Å². The summed E-state index contributed by atoms with van der Waals surface area (Å²) >= 11 is 1.48. The second-order valence-electron chi connectivity index (χ2n) is 4.94. The third-order valence-electron chi connectivity index (χ3n) is 3.25. The molecule has 2 rings (SSSR count). The van der Waals surface area contributed by atoms with E-state index in [0.29, 0.717) is 25.1 Å². The minimum Gasteiger partial charge on any atom is -0.481 e. The predicted molar refractivity (Wildman–Crippen MR) is 84.0 cm³/mol. The molecule has 6 nitrogen and oxygen atoms in total. The lowest BCUT2D eigenvalue weighted by Gasteiger charge is -2.28. The fourth-order valence-electron chi connectivity index (χ4n) is 2.16. The number of fused-ring (bicyclic) bond motifs is 1. The van der Waals surface area contributed by atoms with Gasteiger partial charge in [-0.3, -0.25) is 14.4 Å². The highest BCUT2D eigenvalue weighted by Crippen LogP contribution is 2.34. The normalized spacial score (nSPS) is 13.6. The van der Waals surface area contributed by atoms with Gasteiger partial charge in [0.1, 0.15) is 6.54 Å². The average Bonchev–Trinajstić information content (AvgIpc) is 2.49. The molecule has 0 aliphatic carbocycles. The summed E-state index contributed by atoms with van der Waals surface area (Å²) in [7, 11) is 0. The summed E-state index contributed by atoms with van der Waals surface area (Å²) < 4.78 is 0. The molecular formula is C15H18N2O4S. The number of carboxylic acids is 1. The van der Waals surface area contributed by atoms with Crippen molar-refractivity contribution in [2.75, 3.05) is 23.7 Å². The summed E-state index contributed by atoms with van der Waals surface area (Å²) in [6.45, 7) is 0.417. The molecule has 0 saturated carbocycles. The van der Waals surface area contributed by atoms with E-state index in [-0.39, 0.29) is 24.8 Å². The molecule has 0 aromatic heterocycles. The van der Waals surface area contributed by atoms with Gasteiger partial charge in [0.25, 0.3) is 0 Å². The van der Waals surface area contributed by atoms with Gasteiger partial charge in [-0.1, -0.05) is 12.1 Å². The Hall–Kier alpha value is -2.02. The number of para-hydroxylation sites is 1. The van der Waals surface area contributed by atoms with Crippen LogP contribution in [0.25, 0.3) is 0 Å². The Balaban J connectivity index is 1.83. The van der Waals surface area contributed by atoms with Crippen LogP contribution in [0.5, 0.6) is 0 Å². The molecule has 118 valence electrons. The summed E-state index contributed by atoms with van der Waals surface area (Å²) in [6, 6.07) is 7.51. The monoisotopic (exact) mass is 322 g/mol. The highest BCUT2D eigenvalue weighted by molar-refractivity contribution is 8.00. The SMILES string of the molecule is O=C(O)CCCCNC(=O)CN1C(=O)CSc2ccccc21. The highest BCUT2D eigenvalue weighted by Gasteiger charge is 2.25. The van der Waals surface area contributed by atoms with Gasteiger partial charge in [-0.2, -0.15) is 0 Å². The summed E-state index contributed by atoms with van der Waals surface area (Å²) in [5.41, 5.74) is 0.768. The number of benzene rings is 1. The van der Waals surface area contributed by atoms with Crippen LogP contribution in [0.4, 0.5) is 5.69 Å². The number of nitrogens with zero attached hydrogens (tertiary/aromatic N) is 1. The maximum absolute atomic E-state index is 12.0. The van der Waals surface area contributed by atoms with E-state index in [1.165, 1.54) is 16.7 Å². The molecule has 0 unspecified atom stereocenters. The van der Waals surface area contributed by atoms with Gasteiger partial charge in [0, 0.05) is 17.9 Å². The van der Waals surface area contributed by atoms with E-state index in [4.69, 9.17) is 5.11 Å². The smallest absolute Gasteiger partial charge is 0.303 e. The molecule has 0 radical (unpaired) electrons. The molecule has 1 aliphatic rings. The first-order valence-electron chi connectivity index (χ1n) is 7.08. The highest BCUT2D eigenvalue weighted by atomic mass is 32.2. The second kappa shape index (κ2) is 7.84. The molecule has 1 aromatic carbocycles. The number of hydrogen-bond acceptors (Lipinski definition) is 4. The zero-order chi connectivity index (χ0) is 15.9. The van der Waals surface area contributed by atoms with Crippen LogP contribution in [-0.4, -0.2) is 41.7 Å². The van der Waals surface area contributed by atoms with E-state index >= 15 is 0 Å². The van der Waals surface area contributed by atoms with Crippen molar-refractivity contribution in [3.63, 3.8) is 0 Å². The number of nitrogens with one attached hydrogen (secondary N) is 1. The van der Waals surface area contributed by atoms with E-state index in [0.717, 1.165) is 10.6 Å². The van der Waals surface area contributed by atoms with E-state index in [1.807, 2.05) is 24.3 Å². The minimum atomic E-state index is -0.834. The molecule has 1 aliphatic heterocycles. The standard InChI is InChI=1S/C15H18N2O4S/c18-13(16-8-4-3-7-15(20)21)9-17-11-5-1-2-6-12(11)22-10-14(17)19/h1-2,5-6H,3-4,7-10H2,(H,16,18)(H,20,21). The van der Waals surface area contributed by atoms with E-state index in [1.54, 1.807) is 0 Å². The van der Waals surface area contributed by atoms with E-state index in [2.05, 4.69) is 5.32 Å². The molecule has 0 atom stereocenters. The predicted octanol–water partition coefficient (Wildman–Crippen LogP) is 1.50. The Morgan fingerprint density at radius 2 is 2.05 bits per heavy atom. The lowest BCUT2D eigenvalue weighted by molar-refractivity contribution is -0.137. The molecule has 0 saturated heterocycles. The summed E-state index contributed by atoms with van der Waals surface area (Å²) in [6.07, 6.45) is 1.24. The van der Waals surface area contributed by atoms with Gasteiger partial charge in [0.05, 0.1) is 11.4 Å². The summed E-state index contributed by atoms with van der Waals surface area (Å²) in [4.78, 5) is 36.8. The van der Waals surface area contributed by atoms with Crippen molar-refractivity contribution in [3.05, 3.63) is 24.3 Å². The summed E-state index contributed by atoms with van der Waals surface area (Å²) in [5, 5.41) is 11.2. The molecular weight excluding hydrogens is 304 g/mol. The number of aliphatic carboxylic acids is 1. The number of thioether (sulfide) groups is 1. The number of unbranched alkanes of at least 4 members (excludes halogenated alkanes) is 1. The molecule has 0 spiro atoms. The molecule has 0 fully saturated rings. The number of rotatable bonds is 7. The Kier molecular flexibility index (Phi) is 5.83. The first-order valence-corrected chi connectivity index (χ1v) is 8.07. The van der Waals surface area contributed by atoms with Crippen LogP contribution < -0.4 is 10.2 Å². The summed E-state index contributed by atoms with van der Waals surface area (Å²) in [5.74, 6) is -0.808. The van der Waals surface area contributed by atoms with Crippen molar-refractivity contribution in [2.24, 2.45) is 0 Å². The number of carbonyl (C=O) groups is 3. The Labute approximate surface area is 132 Å². The largest absolute Gasteiger partial charge is 0.481 e. The number of carboxylic acid groups (broad SMARTS) is 1. The van der Waals surface area contributed by atoms with Crippen molar-refractivity contribution in [1.29, 1.82) is 0 Å². The van der Waals surface area contributed by atoms with Gasteiger partial charge in [-0.25, -0.2) is 0 Å². The average molecular weight is 322 g/mol. The Morgan fingerprint density at radius 3 is 2.82 bits per heavy atom. The van der Waals surface area contributed by atoms with Gasteiger partial charge < -0.3 is 15.3 Å². The fraction of sp³-hybridized carbons (Fsp3) is 0.400. The van der Waals surface area contributed by atoms with Gasteiger partial charge in [0.2, 0.25) is 11.8 Å². The molecule has 1 heterocycles. The topological polar surface area (TPSA) is 86.7 Å². The molecule has 2 N–H and O–H groups in total. The van der Waals surface area contributed by atoms with Gasteiger partial charge >= 0.3 is 5.97 Å². The van der Waals surface area contributed by atoms with Crippen molar-refractivity contribution >= 4 is 35.2 Å². The zero-order valence-electron chi connectivity index (χ0n) is 12.1. The molecule has 2 amide bonds. The van der Waals surface area contributed by atoms with Crippen molar-refractivity contribution in [1.82, 2.24) is 5.32 Å². The van der Waals surface area contributed by atoms with Gasteiger partial charge in [0.15, 0.2) is 0 Å². The first kappa shape index (κ1) is 16.4. The molecule has 7 heteroatoms. The van der Waals surface area contributed by atoms with Crippen LogP contribution in [0.3, 0.4) is 0 Å². The maximum atomic E-state index is 12.0. The van der Waals surface area contributed by atoms with Crippen LogP contribution >= 0.6 is 11.8 Å². The molecule has 0 bridgehead atoms. The quantitative estimate of drug-likeness (QED) is 0.743. The van der Waals surface area contributed by atoms with Gasteiger partial charge in [-0.05, 0) is 25.0 Å². The van der Waals surface area contributed by atoms with Crippen molar-refractivity contribution in [2.45, 2.75) is 24.2 Å². The number of anilines is 1. The fourth-order valence-corrected chi connectivity index (χ4v) is 3.09. The molecule has 1 aromatic rings. The lowest BCUT2D eigenvalue weighted by atomic mass is 10.2. The second-order valence-corrected chi connectivity index (χ2v) is 5.95. The van der Waals surface area contributed by atoms with Crippen LogP contribution in [0.1, 0.15) is 19.3 Å². The van der Waals surface area contributed by atoms with E-state index in [9.17, 15) is 14.4 Å². The van der Waals surface area contributed by atoms with Crippen molar-refractivity contribution in [3.8, 4) is 0 Å².